The Labute approximate surface area is 146 Å². The van der Waals surface area contributed by atoms with Crippen LogP contribution in [0.1, 0.15) is 5.56 Å². The van der Waals surface area contributed by atoms with Crippen LogP contribution in [0.2, 0.25) is 0 Å². The van der Waals surface area contributed by atoms with Gasteiger partial charge in [-0.05, 0) is 59.8 Å². The first-order valence-electron chi connectivity index (χ1n) is 7.43. The topological polar surface area (TPSA) is 67.2 Å². The van der Waals surface area contributed by atoms with Crippen LogP contribution in [0.15, 0.2) is 64.8 Å². The molecule has 1 N–H and O–H groups in total. The van der Waals surface area contributed by atoms with Crippen molar-refractivity contribution >= 4 is 45.6 Å². The SMILES string of the molecule is O=C1NC(=Nc2ccc(F)cc2)C(=Cc2ccc3nccnc3c2)S1. The molecule has 0 unspecified atom stereocenters. The van der Waals surface area contributed by atoms with Gasteiger partial charge in [-0.25, -0.2) is 9.38 Å². The van der Waals surface area contributed by atoms with Crippen molar-refractivity contribution in [2.24, 2.45) is 4.99 Å². The fourth-order valence-electron chi connectivity index (χ4n) is 2.38. The normalized spacial score (nSPS) is 17.4. The predicted molar refractivity (Wildman–Crippen MR) is 97.1 cm³/mol. The van der Waals surface area contributed by atoms with Crippen molar-refractivity contribution in [1.29, 1.82) is 0 Å². The highest BCUT2D eigenvalue weighted by atomic mass is 32.2. The Hall–Kier alpha value is -3.06. The van der Waals surface area contributed by atoms with E-state index in [-0.39, 0.29) is 11.1 Å². The van der Waals surface area contributed by atoms with E-state index >= 15 is 0 Å². The summed E-state index contributed by atoms with van der Waals surface area (Å²) in [6.45, 7) is 0. The van der Waals surface area contributed by atoms with E-state index in [4.69, 9.17) is 0 Å². The van der Waals surface area contributed by atoms with Crippen molar-refractivity contribution in [3.05, 3.63) is 71.1 Å². The van der Waals surface area contributed by atoms with Crippen molar-refractivity contribution in [2.45, 2.75) is 0 Å². The summed E-state index contributed by atoms with van der Waals surface area (Å²) in [7, 11) is 0. The Morgan fingerprint density at radius 1 is 1.04 bits per heavy atom. The summed E-state index contributed by atoms with van der Waals surface area (Å²) in [5.74, 6) is 0.114. The van der Waals surface area contributed by atoms with Crippen LogP contribution in [-0.4, -0.2) is 21.0 Å². The number of nitrogens with zero attached hydrogens (tertiary/aromatic N) is 3. The van der Waals surface area contributed by atoms with Crippen LogP contribution >= 0.6 is 11.8 Å². The van der Waals surface area contributed by atoms with Crippen molar-refractivity contribution in [3.8, 4) is 0 Å². The molecule has 1 fully saturated rings. The van der Waals surface area contributed by atoms with E-state index in [1.54, 1.807) is 24.5 Å². The molecule has 1 aliphatic heterocycles. The molecule has 122 valence electrons. The molecule has 5 nitrogen and oxygen atoms in total. The van der Waals surface area contributed by atoms with Gasteiger partial charge < -0.3 is 5.32 Å². The number of aliphatic imine (C=N–C) groups is 1. The average molecular weight is 350 g/mol. The van der Waals surface area contributed by atoms with Gasteiger partial charge in [-0.15, -0.1) is 0 Å². The fourth-order valence-corrected chi connectivity index (χ4v) is 3.11. The minimum atomic E-state index is -0.332. The van der Waals surface area contributed by atoms with Crippen LogP contribution in [0.4, 0.5) is 14.9 Å². The van der Waals surface area contributed by atoms with Gasteiger partial charge in [0.05, 0.1) is 21.6 Å². The zero-order valence-corrected chi connectivity index (χ0v) is 13.6. The predicted octanol–water partition coefficient (Wildman–Crippen LogP) is 4.30. The number of nitrogens with one attached hydrogen (secondary N) is 1. The molecular weight excluding hydrogens is 339 g/mol. The number of thioether (sulfide) groups is 1. The number of amidine groups is 1. The van der Waals surface area contributed by atoms with E-state index in [2.05, 4.69) is 20.3 Å². The first-order chi connectivity index (χ1) is 12.2. The maximum atomic E-state index is 13.0. The quantitative estimate of drug-likeness (QED) is 0.748. The van der Waals surface area contributed by atoms with Crippen molar-refractivity contribution in [2.75, 3.05) is 0 Å². The molecule has 0 spiro atoms. The van der Waals surface area contributed by atoms with E-state index in [0.29, 0.717) is 16.4 Å². The van der Waals surface area contributed by atoms with Gasteiger partial charge in [0.25, 0.3) is 5.24 Å². The van der Waals surface area contributed by atoms with Crippen LogP contribution in [-0.2, 0) is 0 Å². The maximum absolute atomic E-state index is 13.0. The third-order valence-electron chi connectivity index (χ3n) is 3.52. The lowest BCUT2D eigenvalue weighted by Crippen LogP contribution is -2.18. The van der Waals surface area contributed by atoms with Crippen molar-refractivity contribution in [3.63, 3.8) is 0 Å². The highest BCUT2D eigenvalue weighted by Gasteiger charge is 2.23. The Morgan fingerprint density at radius 3 is 2.60 bits per heavy atom. The van der Waals surface area contributed by atoms with Crippen LogP contribution in [0.25, 0.3) is 17.1 Å². The van der Waals surface area contributed by atoms with Crippen molar-refractivity contribution < 1.29 is 9.18 Å². The fraction of sp³-hybridized carbons (Fsp3) is 0. The highest BCUT2D eigenvalue weighted by molar-refractivity contribution is 8.18. The number of carbonyl (C=O) groups excluding carboxylic acids is 1. The summed E-state index contributed by atoms with van der Waals surface area (Å²) in [5, 5.41) is 2.51. The zero-order chi connectivity index (χ0) is 17.2. The molecule has 7 heteroatoms. The molecule has 1 saturated heterocycles. The summed E-state index contributed by atoms with van der Waals surface area (Å²) in [4.78, 5) is 25.4. The maximum Gasteiger partial charge on any atom is 0.289 e. The second kappa shape index (κ2) is 6.45. The highest BCUT2D eigenvalue weighted by Crippen LogP contribution is 2.29. The molecule has 2 aromatic carbocycles. The summed E-state index contributed by atoms with van der Waals surface area (Å²) in [6.07, 6.45) is 5.14. The number of halogens is 1. The number of rotatable bonds is 2. The lowest BCUT2D eigenvalue weighted by Gasteiger charge is -2.01. The van der Waals surface area contributed by atoms with Gasteiger partial charge in [0, 0.05) is 12.4 Å². The van der Waals surface area contributed by atoms with Crippen molar-refractivity contribution in [1.82, 2.24) is 15.3 Å². The average Bonchev–Trinajstić information content (AvgIpc) is 2.96. The van der Waals surface area contributed by atoms with E-state index in [9.17, 15) is 9.18 Å². The molecule has 3 aromatic rings. The third-order valence-corrected chi connectivity index (χ3v) is 4.33. The molecule has 4 rings (SSSR count). The lowest BCUT2D eigenvalue weighted by atomic mass is 10.1. The van der Waals surface area contributed by atoms with E-state index in [1.807, 2.05) is 24.3 Å². The molecule has 0 atom stereocenters. The van der Waals surface area contributed by atoms with Gasteiger partial charge in [0.2, 0.25) is 0 Å². The van der Waals surface area contributed by atoms with E-state index < -0.39 is 0 Å². The van der Waals surface area contributed by atoms with Gasteiger partial charge in [-0.1, -0.05) is 6.07 Å². The zero-order valence-electron chi connectivity index (χ0n) is 12.8. The molecule has 0 aliphatic carbocycles. The number of hydrogen-bond acceptors (Lipinski definition) is 5. The van der Waals surface area contributed by atoms with Gasteiger partial charge >= 0.3 is 0 Å². The number of amides is 1. The summed E-state index contributed by atoms with van der Waals surface area (Å²) < 4.78 is 13.0. The molecule has 0 radical (unpaired) electrons. The third kappa shape index (κ3) is 3.41. The minimum Gasteiger partial charge on any atom is -0.300 e. The Bertz CT molecular complexity index is 1030. The van der Waals surface area contributed by atoms with Gasteiger partial charge in [-0.3, -0.25) is 14.8 Å². The van der Waals surface area contributed by atoms with Gasteiger partial charge in [-0.2, -0.15) is 0 Å². The summed E-state index contributed by atoms with van der Waals surface area (Å²) >= 11 is 1.07. The standard InChI is InChI=1S/C18H11FN4OS/c19-12-2-4-13(5-3-12)22-17-16(25-18(24)23-17)10-11-1-6-14-15(9-11)21-8-7-20-14/h1-10H,(H,22,23,24). The summed E-state index contributed by atoms with van der Waals surface area (Å²) in [5.41, 5.74) is 3.03. The molecule has 2 heterocycles. The molecule has 1 amide bonds. The van der Waals surface area contributed by atoms with Gasteiger partial charge in [0.15, 0.2) is 0 Å². The monoisotopic (exact) mass is 350 g/mol. The van der Waals surface area contributed by atoms with Gasteiger partial charge in [0.1, 0.15) is 11.7 Å². The van der Waals surface area contributed by atoms with Crippen LogP contribution in [0, 0.1) is 5.82 Å². The molecular formula is C18H11FN4OS. The second-order valence-corrected chi connectivity index (χ2v) is 6.28. The molecule has 25 heavy (non-hydrogen) atoms. The van der Waals surface area contributed by atoms with Crippen LogP contribution < -0.4 is 5.32 Å². The Morgan fingerprint density at radius 2 is 1.80 bits per heavy atom. The first kappa shape index (κ1) is 15.5. The Kier molecular flexibility index (Phi) is 3.99. The molecule has 0 bridgehead atoms. The van der Waals surface area contributed by atoms with Crippen LogP contribution in [0.3, 0.4) is 0 Å². The number of fused-ring (bicyclic) bond motifs is 1. The largest absolute Gasteiger partial charge is 0.300 e. The Balaban J connectivity index is 1.71. The van der Waals surface area contributed by atoms with E-state index in [0.717, 1.165) is 28.4 Å². The van der Waals surface area contributed by atoms with Crippen LogP contribution in [0.5, 0.6) is 0 Å². The minimum absolute atomic E-state index is 0.201. The number of carbonyl (C=O) groups is 1. The number of hydrogen-bond donors (Lipinski definition) is 1. The second-order valence-electron chi connectivity index (χ2n) is 5.26. The summed E-state index contributed by atoms with van der Waals surface area (Å²) in [6, 6.07) is 11.4. The first-order valence-corrected chi connectivity index (χ1v) is 8.25. The number of aromatic nitrogens is 2. The molecule has 0 saturated carbocycles. The number of benzene rings is 2. The molecule has 1 aliphatic rings. The van der Waals surface area contributed by atoms with E-state index in [1.165, 1.54) is 12.1 Å². The smallest absolute Gasteiger partial charge is 0.289 e. The lowest BCUT2D eigenvalue weighted by molar-refractivity contribution is 0.265. The molecule has 1 aromatic heterocycles.